The largest absolute Gasteiger partial charge is 0.492 e. The Morgan fingerprint density at radius 2 is 1.62 bits per heavy atom. The summed E-state index contributed by atoms with van der Waals surface area (Å²) in [7, 11) is 6.22. The summed E-state index contributed by atoms with van der Waals surface area (Å²) >= 11 is 0. The molecule has 42 heavy (non-hydrogen) atoms. The summed E-state index contributed by atoms with van der Waals surface area (Å²) in [4.78, 5) is 49.5. The molecule has 3 N–H and O–H groups in total. The number of amides is 2. The zero-order valence-corrected chi connectivity index (χ0v) is 27.1. The number of ketones is 2. The van der Waals surface area contributed by atoms with Crippen LogP contribution in [0.3, 0.4) is 0 Å². The number of allylic oxidation sites excluding steroid dienone is 5. The Hall–Kier alpha value is -3.50. The van der Waals surface area contributed by atoms with Gasteiger partial charge in [0.05, 0.1) is 18.9 Å². The second kappa shape index (κ2) is 24.1. The molecule has 1 aliphatic heterocycles. The predicted octanol–water partition coefficient (Wildman–Crippen LogP) is 5.64. The van der Waals surface area contributed by atoms with Crippen molar-refractivity contribution < 1.29 is 38.1 Å². The van der Waals surface area contributed by atoms with Gasteiger partial charge in [-0.05, 0) is 51.5 Å². The first-order valence-corrected chi connectivity index (χ1v) is 14.4. The number of fused-ring (bicyclic) bond motifs is 2. The average molecular weight is 593 g/mol. The molecular formula is C32H52N2O8. The van der Waals surface area contributed by atoms with Crippen LogP contribution in [0.2, 0.25) is 0 Å². The van der Waals surface area contributed by atoms with Crippen LogP contribution in [0.4, 0.5) is 4.79 Å². The molecule has 2 rings (SSSR count). The van der Waals surface area contributed by atoms with Crippen molar-refractivity contribution >= 4 is 23.6 Å². The third-order valence-electron chi connectivity index (χ3n) is 5.94. The minimum Gasteiger partial charge on any atom is -0.492 e. The van der Waals surface area contributed by atoms with Crippen molar-refractivity contribution in [2.24, 2.45) is 5.73 Å². The lowest BCUT2D eigenvalue weighted by molar-refractivity contribution is -0.120. The standard InChI is InChI=1S/C26H34N2O7.C2H6O.2C2H6/c1-16-10-7-11-18(33-3)12-8-13-19-23(30)20(15-21(29)24(19)34-4)28-25(31)17(2)9-5-6-14-22(16)35-26(27)32;1-3-2;2*1-2/h5-6,9-10,15,18,22H,7-8,11-14H2,1-4H3,(H2,27,32)(H,28,31);1-2H3;2*1-2H3/b6-5-,16-10+,17-9+;;;. The monoisotopic (exact) mass is 592 g/mol. The number of hydrogen-bond donors (Lipinski definition) is 2. The molecule has 0 saturated carbocycles. The number of ether oxygens (including phenoxy) is 4. The Balaban J connectivity index is 0. The molecule has 0 fully saturated rings. The van der Waals surface area contributed by atoms with Gasteiger partial charge < -0.3 is 30.0 Å². The lowest BCUT2D eigenvalue weighted by Crippen LogP contribution is -2.33. The van der Waals surface area contributed by atoms with Crippen LogP contribution < -0.4 is 11.1 Å². The summed E-state index contributed by atoms with van der Waals surface area (Å²) in [6.45, 7) is 11.5. The van der Waals surface area contributed by atoms with Crippen LogP contribution in [-0.2, 0) is 33.3 Å². The summed E-state index contributed by atoms with van der Waals surface area (Å²) in [6.07, 6.45) is 9.94. The van der Waals surface area contributed by atoms with Crippen molar-refractivity contribution in [1.29, 1.82) is 0 Å². The molecule has 2 unspecified atom stereocenters. The van der Waals surface area contributed by atoms with Gasteiger partial charge in [0, 0.05) is 45.0 Å². The number of methoxy groups -OCH3 is 3. The summed E-state index contributed by atoms with van der Waals surface area (Å²) in [6, 6.07) is 0. The van der Waals surface area contributed by atoms with Crippen LogP contribution in [0.1, 0.15) is 80.1 Å². The number of carbonyl (C=O) groups excluding carboxylic acids is 4. The maximum Gasteiger partial charge on any atom is 0.405 e. The summed E-state index contributed by atoms with van der Waals surface area (Å²) < 4.78 is 20.3. The summed E-state index contributed by atoms with van der Waals surface area (Å²) in [5.74, 6) is -1.41. The van der Waals surface area contributed by atoms with Crippen LogP contribution in [0.25, 0.3) is 0 Å². The fraction of sp³-hybridized carbons (Fsp3) is 0.562. The van der Waals surface area contributed by atoms with Gasteiger partial charge in [-0.3, -0.25) is 14.4 Å². The third-order valence-corrected chi connectivity index (χ3v) is 5.94. The van der Waals surface area contributed by atoms with E-state index >= 15 is 0 Å². The molecule has 2 amide bonds. The van der Waals surface area contributed by atoms with E-state index in [0.717, 1.165) is 18.1 Å². The molecule has 0 aromatic carbocycles. The Labute approximate surface area is 252 Å². The molecule has 1 heterocycles. The second-order valence-corrected chi connectivity index (χ2v) is 8.84. The van der Waals surface area contributed by atoms with Gasteiger partial charge in [-0.15, -0.1) is 0 Å². The molecule has 0 aromatic rings. The van der Waals surface area contributed by atoms with Gasteiger partial charge in [-0.25, -0.2) is 4.79 Å². The lowest BCUT2D eigenvalue weighted by atomic mass is 9.93. The first-order chi connectivity index (χ1) is 20.1. The van der Waals surface area contributed by atoms with Gasteiger partial charge in [-0.1, -0.05) is 52.0 Å². The molecule has 0 spiro atoms. The van der Waals surface area contributed by atoms with Gasteiger partial charge in [0.1, 0.15) is 6.10 Å². The molecule has 0 saturated heterocycles. The predicted molar refractivity (Wildman–Crippen MR) is 166 cm³/mol. The van der Waals surface area contributed by atoms with E-state index in [1.807, 2.05) is 40.7 Å². The molecular weight excluding hydrogens is 540 g/mol. The van der Waals surface area contributed by atoms with E-state index in [4.69, 9.17) is 19.9 Å². The first kappa shape index (κ1) is 40.6. The number of hydrogen-bond acceptors (Lipinski definition) is 8. The van der Waals surface area contributed by atoms with E-state index < -0.39 is 29.7 Å². The van der Waals surface area contributed by atoms with Crippen molar-refractivity contribution in [1.82, 2.24) is 5.32 Å². The second-order valence-electron chi connectivity index (χ2n) is 8.84. The number of rotatable bonds is 3. The smallest absolute Gasteiger partial charge is 0.405 e. The Kier molecular flexibility index (Phi) is 23.3. The highest BCUT2D eigenvalue weighted by Crippen LogP contribution is 2.25. The molecule has 238 valence electrons. The van der Waals surface area contributed by atoms with E-state index in [9.17, 15) is 19.2 Å². The van der Waals surface area contributed by atoms with E-state index in [-0.39, 0.29) is 23.1 Å². The van der Waals surface area contributed by atoms with E-state index in [0.29, 0.717) is 37.7 Å². The molecule has 2 aliphatic rings. The number of primary amides is 1. The Bertz CT molecular complexity index is 1020. The Morgan fingerprint density at radius 3 is 2.17 bits per heavy atom. The zero-order valence-electron chi connectivity index (χ0n) is 27.1. The minimum atomic E-state index is -0.862. The SMILES string of the molecule is CC.CC.COC.COC1=C2CCCC(OC)CC/C=C(\C)C(OC(N)=O)C/C=C\C=C(/C)C(=O)NC(=CC1=O)C2=O. The molecule has 2 atom stereocenters. The van der Waals surface area contributed by atoms with Gasteiger partial charge in [0.25, 0.3) is 5.91 Å². The van der Waals surface area contributed by atoms with Crippen LogP contribution >= 0.6 is 0 Å². The maximum atomic E-state index is 13.0. The van der Waals surface area contributed by atoms with Gasteiger partial charge in [0.15, 0.2) is 5.76 Å². The van der Waals surface area contributed by atoms with Crippen molar-refractivity contribution in [2.75, 3.05) is 28.4 Å². The molecule has 10 nitrogen and oxygen atoms in total. The fourth-order valence-corrected chi connectivity index (χ4v) is 3.91. The quantitative estimate of drug-likeness (QED) is 0.317. The van der Waals surface area contributed by atoms with Crippen LogP contribution in [0, 0.1) is 0 Å². The molecule has 1 aliphatic carbocycles. The van der Waals surface area contributed by atoms with Crippen LogP contribution in [-0.4, -0.2) is 64.2 Å². The highest BCUT2D eigenvalue weighted by Gasteiger charge is 2.30. The van der Waals surface area contributed by atoms with Crippen LogP contribution in [0.5, 0.6) is 0 Å². The van der Waals surface area contributed by atoms with Gasteiger partial charge >= 0.3 is 6.09 Å². The van der Waals surface area contributed by atoms with Gasteiger partial charge in [0.2, 0.25) is 11.6 Å². The van der Waals surface area contributed by atoms with Crippen molar-refractivity contribution in [3.05, 3.63) is 58.6 Å². The average Bonchev–Trinajstić information content (AvgIpc) is 2.97. The minimum absolute atomic E-state index is 0.00195. The lowest BCUT2D eigenvalue weighted by Gasteiger charge is -2.20. The van der Waals surface area contributed by atoms with Gasteiger partial charge in [-0.2, -0.15) is 0 Å². The topological polar surface area (TPSA) is 143 Å². The maximum absolute atomic E-state index is 13.0. The number of nitrogens with two attached hydrogens (primary N) is 1. The van der Waals surface area contributed by atoms with Crippen molar-refractivity contribution in [3.8, 4) is 0 Å². The molecule has 0 radical (unpaired) electrons. The summed E-state index contributed by atoms with van der Waals surface area (Å²) in [5, 5.41) is 2.54. The van der Waals surface area contributed by atoms with E-state index in [1.54, 1.807) is 46.5 Å². The Morgan fingerprint density at radius 1 is 1.00 bits per heavy atom. The highest BCUT2D eigenvalue weighted by atomic mass is 16.6. The summed E-state index contributed by atoms with van der Waals surface area (Å²) in [5.41, 5.74) is 6.58. The fourth-order valence-electron chi connectivity index (χ4n) is 3.91. The van der Waals surface area contributed by atoms with Crippen LogP contribution in [0.15, 0.2) is 58.6 Å². The number of carbonyl (C=O) groups is 4. The normalized spacial score (nSPS) is 23.3. The zero-order chi connectivity index (χ0) is 32.7. The van der Waals surface area contributed by atoms with Crippen molar-refractivity contribution in [2.45, 2.75) is 92.3 Å². The van der Waals surface area contributed by atoms with E-state index in [1.165, 1.54) is 7.11 Å². The highest BCUT2D eigenvalue weighted by molar-refractivity contribution is 6.23. The van der Waals surface area contributed by atoms with E-state index in [2.05, 4.69) is 10.1 Å². The van der Waals surface area contributed by atoms with Crippen molar-refractivity contribution in [3.63, 3.8) is 0 Å². The molecule has 2 bridgehead atoms. The number of nitrogens with one attached hydrogen (secondary N) is 1. The number of Topliss-reactive ketones (excluding diaryl/α,β-unsaturated/α-hetero) is 1. The first-order valence-electron chi connectivity index (χ1n) is 14.4. The molecule has 10 heteroatoms. The molecule has 0 aromatic heterocycles. The third kappa shape index (κ3) is 14.9.